The summed E-state index contributed by atoms with van der Waals surface area (Å²) in [5, 5.41) is 24.6. The molecule has 1 heterocycles. The van der Waals surface area contributed by atoms with Gasteiger partial charge in [-0.2, -0.15) is 0 Å². The van der Waals surface area contributed by atoms with Crippen LogP contribution in [0.5, 0.6) is 0 Å². The molecule has 0 aromatic heterocycles. The second-order valence-electron chi connectivity index (χ2n) is 9.17. The number of carbonyl (C=O) groups excluding carboxylic acids is 4. The van der Waals surface area contributed by atoms with Crippen LogP contribution >= 0.6 is 0 Å². The van der Waals surface area contributed by atoms with Gasteiger partial charge in [0, 0.05) is 5.56 Å². The van der Waals surface area contributed by atoms with Crippen molar-refractivity contribution in [3.8, 4) is 11.5 Å². The topological polar surface area (TPSA) is 220 Å². The number of rotatable bonds is 8. The minimum atomic E-state index is -1.50. The number of ether oxygens (including phenoxy) is 2. The van der Waals surface area contributed by atoms with Crippen molar-refractivity contribution in [2.75, 3.05) is 20.0 Å². The van der Waals surface area contributed by atoms with Crippen LogP contribution in [0.1, 0.15) is 45.7 Å². The average molecular weight is 559 g/mol. The quantitative estimate of drug-likeness (QED) is 0.138. The van der Waals surface area contributed by atoms with Crippen molar-refractivity contribution in [3.05, 3.63) is 44.6 Å². The first-order valence-electron chi connectivity index (χ1n) is 12.0. The number of nitrogen functional groups attached to an aromatic ring is 1. The molecule has 2 aliphatic rings. The van der Waals surface area contributed by atoms with Gasteiger partial charge >= 0.3 is 11.9 Å². The van der Waals surface area contributed by atoms with Crippen molar-refractivity contribution in [2.45, 2.75) is 52.0 Å². The second kappa shape index (κ2) is 11.7. The summed E-state index contributed by atoms with van der Waals surface area (Å²) in [5.41, 5.74) is 4.68. The van der Waals surface area contributed by atoms with Crippen molar-refractivity contribution in [1.29, 1.82) is 0 Å². The third-order valence-corrected chi connectivity index (χ3v) is 6.32. The Bertz CT molecular complexity index is 1530. The van der Waals surface area contributed by atoms with Crippen molar-refractivity contribution >= 4 is 40.5 Å². The van der Waals surface area contributed by atoms with E-state index in [1.807, 2.05) is 0 Å². The lowest BCUT2D eigenvalue weighted by Gasteiger charge is -2.22. The highest BCUT2D eigenvalue weighted by Gasteiger charge is 2.33. The number of nitrogens with zero attached hydrogens (tertiary/aromatic N) is 1. The summed E-state index contributed by atoms with van der Waals surface area (Å²) in [7, 11) is 2.17. The summed E-state index contributed by atoms with van der Waals surface area (Å²) < 4.78 is 15.3. The molecule has 0 saturated carbocycles. The van der Waals surface area contributed by atoms with Crippen LogP contribution in [0.2, 0.25) is 0 Å². The van der Waals surface area contributed by atoms with Gasteiger partial charge in [-0.15, -0.1) is 0 Å². The van der Waals surface area contributed by atoms with Crippen molar-refractivity contribution in [2.24, 2.45) is 0 Å². The van der Waals surface area contributed by atoms with Gasteiger partial charge < -0.3 is 40.5 Å². The van der Waals surface area contributed by atoms with Gasteiger partial charge in [0.05, 0.1) is 43.2 Å². The molecule has 1 aromatic rings. The third kappa shape index (κ3) is 5.44. The zero-order valence-corrected chi connectivity index (χ0v) is 22.6. The Labute approximate surface area is 227 Å². The number of hydrogen-bond donors (Lipinski definition) is 5. The summed E-state index contributed by atoms with van der Waals surface area (Å²) in [5.74, 6) is -3.78. The molecule has 3 rings (SSSR count). The lowest BCUT2D eigenvalue weighted by molar-refractivity contribution is -0.146. The fourth-order valence-electron chi connectivity index (χ4n) is 4.05. The molecular weight excluding hydrogens is 528 g/mol. The van der Waals surface area contributed by atoms with E-state index in [1.165, 1.54) is 26.8 Å². The Morgan fingerprint density at radius 3 is 1.98 bits per heavy atom. The number of carbonyl (C=O) groups is 4. The van der Waals surface area contributed by atoms with E-state index in [-0.39, 0.29) is 33.7 Å². The molecule has 0 unspecified atom stereocenters. The average Bonchev–Trinajstić information content (AvgIpc) is 2.91. The number of fused-ring (bicyclic) bond motifs is 2. The van der Waals surface area contributed by atoms with Crippen molar-refractivity contribution < 1.29 is 43.3 Å². The van der Waals surface area contributed by atoms with Crippen molar-refractivity contribution in [3.63, 3.8) is 0 Å². The second-order valence-corrected chi connectivity index (χ2v) is 9.17. The first-order valence-corrected chi connectivity index (χ1v) is 12.0. The molecular formula is C26H30N4O10. The van der Waals surface area contributed by atoms with E-state index in [4.69, 9.17) is 10.2 Å². The molecule has 214 valence electrons. The van der Waals surface area contributed by atoms with Crippen LogP contribution in [0.3, 0.4) is 0 Å². The number of amides is 2. The van der Waals surface area contributed by atoms with E-state index in [0.717, 1.165) is 14.2 Å². The van der Waals surface area contributed by atoms with E-state index in [2.05, 4.69) is 25.1 Å². The number of nitrogens with one attached hydrogen (secondary N) is 2. The molecule has 40 heavy (non-hydrogen) atoms. The molecule has 14 nitrogen and oxygen atoms in total. The van der Waals surface area contributed by atoms with Gasteiger partial charge in [0.15, 0.2) is 23.4 Å². The standard InChI is InChI=1S/C26H30N4O10/c1-9-7-8-13(23(34)29-16(11(3)31)25(36)38-5)18-21(9)40-22-10(2)20(33)15(27)14(19(22)28-18)24(35)30-17(12(4)32)26(37)39-6/h7-8,11-12,16-17,31-32H,27H2,1-6H3,(H,29,34)(H,30,35)/t11-,12+,16+,17+/m1/s1. The highest BCUT2D eigenvalue weighted by molar-refractivity contribution is 6.09. The molecule has 1 aromatic carbocycles. The molecule has 0 fully saturated rings. The maximum absolute atomic E-state index is 13.3. The number of anilines is 1. The molecule has 0 bridgehead atoms. The van der Waals surface area contributed by atoms with Gasteiger partial charge in [-0.25, -0.2) is 14.6 Å². The molecule has 2 amide bonds. The molecule has 1 aliphatic carbocycles. The summed E-state index contributed by atoms with van der Waals surface area (Å²) in [4.78, 5) is 68.2. The summed E-state index contributed by atoms with van der Waals surface area (Å²) in [6, 6.07) is 0.0477. The number of aryl methyl sites for hydroxylation is 1. The van der Waals surface area contributed by atoms with Crippen LogP contribution in [0.4, 0.5) is 5.69 Å². The minimum Gasteiger partial charge on any atom is -0.467 e. The molecule has 0 spiro atoms. The van der Waals surface area contributed by atoms with Gasteiger partial charge in [-0.05, 0) is 39.3 Å². The van der Waals surface area contributed by atoms with Gasteiger partial charge in [-0.3, -0.25) is 14.4 Å². The molecule has 6 N–H and O–H groups in total. The largest absolute Gasteiger partial charge is 0.467 e. The predicted octanol–water partition coefficient (Wildman–Crippen LogP) is -0.204. The van der Waals surface area contributed by atoms with Gasteiger partial charge in [-0.1, -0.05) is 6.07 Å². The predicted molar refractivity (Wildman–Crippen MR) is 141 cm³/mol. The van der Waals surface area contributed by atoms with Gasteiger partial charge in [0.1, 0.15) is 11.2 Å². The molecule has 1 aliphatic heterocycles. The van der Waals surface area contributed by atoms with Crippen LogP contribution < -0.4 is 21.8 Å². The fourth-order valence-corrected chi connectivity index (χ4v) is 4.05. The Kier molecular flexibility index (Phi) is 8.75. The maximum atomic E-state index is 13.3. The number of methoxy groups -OCH3 is 2. The summed E-state index contributed by atoms with van der Waals surface area (Å²) >= 11 is 0. The first kappa shape index (κ1) is 30.0. The summed E-state index contributed by atoms with van der Waals surface area (Å²) in [6.07, 6.45) is -2.66. The smallest absolute Gasteiger partial charge is 0.331 e. The lowest BCUT2D eigenvalue weighted by Crippen LogP contribution is -2.48. The Morgan fingerprint density at radius 2 is 1.48 bits per heavy atom. The van der Waals surface area contributed by atoms with E-state index in [1.54, 1.807) is 13.0 Å². The van der Waals surface area contributed by atoms with Crippen LogP contribution in [0.25, 0.3) is 22.6 Å². The molecule has 4 atom stereocenters. The summed E-state index contributed by atoms with van der Waals surface area (Å²) in [6.45, 7) is 5.63. The number of aliphatic hydroxyl groups excluding tert-OH is 2. The van der Waals surface area contributed by atoms with Crippen LogP contribution in [-0.4, -0.2) is 77.5 Å². The minimum absolute atomic E-state index is 0.0348. The van der Waals surface area contributed by atoms with Crippen LogP contribution in [0, 0.1) is 13.8 Å². The normalized spacial score (nSPS) is 14.2. The van der Waals surface area contributed by atoms with Crippen LogP contribution in [-0.2, 0) is 19.1 Å². The number of nitrogens with two attached hydrogens (primary N) is 1. The Balaban J connectivity index is 2.29. The Morgan fingerprint density at radius 1 is 0.950 bits per heavy atom. The van der Waals surface area contributed by atoms with Gasteiger partial charge in [0.25, 0.3) is 11.8 Å². The van der Waals surface area contributed by atoms with E-state index >= 15 is 0 Å². The number of aliphatic hydroxyl groups is 2. The van der Waals surface area contributed by atoms with E-state index in [0.29, 0.717) is 5.56 Å². The number of aromatic nitrogens is 1. The Hall–Kier alpha value is -4.56. The van der Waals surface area contributed by atoms with Crippen LogP contribution in [0.15, 0.2) is 21.3 Å². The number of hydrogen-bond acceptors (Lipinski definition) is 12. The third-order valence-electron chi connectivity index (χ3n) is 6.32. The van der Waals surface area contributed by atoms with Crippen molar-refractivity contribution in [1.82, 2.24) is 15.6 Å². The number of esters is 2. The first-order chi connectivity index (χ1) is 18.7. The lowest BCUT2D eigenvalue weighted by atomic mass is 9.99. The maximum Gasteiger partial charge on any atom is 0.331 e. The monoisotopic (exact) mass is 558 g/mol. The zero-order chi connectivity index (χ0) is 30.0. The highest BCUT2D eigenvalue weighted by Crippen LogP contribution is 2.34. The highest BCUT2D eigenvalue weighted by atomic mass is 16.5. The fraction of sp³-hybridized carbons (Fsp3) is 0.385. The molecule has 0 saturated heterocycles. The molecule has 0 radical (unpaired) electrons. The SMILES string of the molecule is COC(=O)[C@@H](NC(=O)c1c2nc3c(C(=O)N[C@H](C(=O)OC)[C@@H](C)O)ccc(C)c3oc-2c(C)c(=O)c1N)[C@H](C)O. The van der Waals surface area contributed by atoms with E-state index in [9.17, 15) is 34.2 Å². The molecule has 14 heteroatoms. The van der Waals surface area contributed by atoms with Gasteiger partial charge in [0.2, 0.25) is 5.43 Å². The van der Waals surface area contributed by atoms with E-state index < -0.39 is 64.7 Å². The zero-order valence-electron chi connectivity index (χ0n) is 22.6. The number of benzene rings is 2.